The van der Waals surface area contributed by atoms with E-state index in [2.05, 4.69) is 33.9 Å². The predicted octanol–water partition coefficient (Wildman–Crippen LogP) is 6.34. The Morgan fingerprint density at radius 2 is 1.29 bits per heavy atom. The largest absolute Gasteiger partial charge is 0.343 e. The van der Waals surface area contributed by atoms with Crippen molar-refractivity contribution in [1.29, 1.82) is 0 Å². The Bertz CT molecular complexity index is 377. The molecule has 1 aliphatic heterocycles. The maximum Gasteiger partial charge on any atom is 0.196 e. The molecule has 0 spiro atoms. The van der Waals surface area contributed by atoms with Crippen molar-refractivity contribution in [3.05, 3.63) is 0 Å². The molecule has 0 bridgehead atoms. The van der Waals surface area contributed by atoms with Crippen LogP contribution < -0.4 is 5.32 Å². The van der Waals surface area contributed by atoms with Crippen LogP contribution in [-0.2, 0) is 4.89 Å². The van der Waals surface area contributed by atoms with E-state index in [1.165, 1.54) is 103 Å². The van der Waals surface area contributed by atoms with Crippen molar-refractivity contribution in [3.63, 3.8) is 0 Å². The van der Waals surface area contributed by atoms with Crippen molar-refractivity contribution in [2.45, 2.75) is 123 Å². The summed E-state index contributed by atoms with van der Waals surface area (Å²) in [7, 11) is 0. The molecule has 0 aromatic rings. The van der Waals surface area contributed by atoms with Crippen LogP contribution in [0.2, 0.25) is 0 Å². The number of nitrogens with one attached hydrogen (secondary N) is 1. The Morgan fingerprint density at radius 1 is 0.821 bits per heavy atom. The average molecular weight is 398 g/mol. The van der Waals surface area contributed by atoms with Gasteiger partial charge in [0.1, 0.15) is 0 Å². The molecular weight excluding hydrogens is 350 g/mol. The Morgan fingerprint density at radius 3 is 1.68 bits per heavy atom. The molecule has 1 aliphatic rings. The van der Waals surface area contributed by atoms with Gasteiger partial charge in [0.05, 0.1) is 6.54 Å². The molecule has 0 saturated heterocycles. The summed E-state index contributed by atoms with van der Waals surface area (Å²) >= 11 is 0. The molecule has 1 rings (SSSR count). The fourth-order valence-electron chi connectivity index (χ4n) is 3.92. The third-order valence-corrected chi connectivity index (χ3v) is 5.79. The highest BCUT2D eigenvalue weighted by Gasteiger charge is 2.21. The van der Waals surface area contributed by atoms with Gasteiger partial charge in [0.25, 0.3) is 0 Å². The second kappa shape index (κ2) is 18.2. The van der Waals surface area contributed by atoms with E-state index in [1.807, 2.05) is 0 Å². The Hall–Kier alpha value is -0.810. The summed E-state index contributed by atoms with van der Waals surface area (Å²) in [5.41, 5.74) is 0. The lowest BCUT2D eigenvalue weighted by atomic mass is 10.0. The van der Waals surface area contributed by atoms with E-state index in [0.717, 1.165) is 19.0 Å². The van der Waals surface area contributed by atoms with Crippen LogP contribution in [0.1, 0.15) is 117 Å². The molecule has 0 amide bonds. The molecule has 0 aromatic carbocycles. The molecule has 5 heteroatoms. The van der Waals surface area contributed by atoms with Gasteiger partial charge >= 0.3 is 0 Å². The molecule has 166 valence electrons. The first kappa shape index (κ1) is 25.2. The first-order chi connectivity index (χ1) is 13.8. The Balaban J connectivity index is 1.81. The van der Waals surface area contributed by atoms with Gasteiger partial charge < -0.3 is 10.2 Å². The van der Waals surface area contributed by atoms with Crippen molar-refractivity contribution in [2.75, 3.05) is 19.6 Å². The lowest BCUT2D eigenvalue weighted by Gasteiger charge is -2.23. The summed E-state index contributed by atoms with van der Waals surface area (Å²) < 4.78 is 0. The van der Waals surface area contributed by atoms with Gasteiger partial charge in [0, 0.05) is 13.1 Å². The molecule has 0 fully saturated rings. The number of aliphatic imine (C=N–C) groups is 1. The van der Waals surface area contributed by atoms with E-state index in [4.69, 9.17) is 5.26 Å². The van der Waals surface area contributed by atoms with Gasteiger partial charge in [-0.05, 0) is 13.3 Å². The fourth-order valence-corrected chi connectivity index (χ4v) is 3.92. The van der Waals surface area contributed by atoms with Crippen LogP contribution in [0.25, 0.3) is 0 Å². The topological polar surface area (TPSA) is 57.1 Å². The van der Waals surface area contributed by atoms with Crippen molar-refractivity contribution >= 4 is 5.96 Å². The van der Waals surface area contributed by atoms with E-state index in [0.29, 0.717) is 6.54 Å². The standard InChI is InChI=1S/C23H47N3O2/c1-3-5-6-7-8-9-10-11-12-13-14-15-16-17-18-19-20-26(4-2)23-24-21-22(25-23)28-27/h22,27H,3-21H2,1-2H3,(H,24,25). The lowest BCUT2D eigenvalue weighted by Crippen LogP contribution is -2.43. The van der Waals surface area contributed by atoms with Crippen molar-refractivity contribution < 1.29 is 10.1 Å². The highest BCUT2D eigenvalue weighted by Crippen LogP contribution is 2.14. The van der Waals surface area contributed by atoms with Crippen LogP contribution in [0.3, 0.4) is 0 Å². The van der Waals surface area contributed by atoms with Crippen LogP contribution in [-0.4, -0.2) is 42.0 Å². The summed E-state index contributed by atoms with van der Waals surface area (Å²) in [5, 5.41) is 11.8. The fraction of sp³-hybridized carbons (Fsp3) is 0.957. The monoisotopic (exact) mass is 397 g/mol. The van der Waals surface area contributed by atoms with Gasteiger partial charge in [0.2, 0.25) is 0 Å². The van der Waals surface area contributed by atoms with Crippen molar-refractivity contribution in [1.82, 2.24) is 10.2 Å². The number of unbranched alkanes of at least 4 members (excludes halogenated alkanes) is 15. The molecule has 0 radical (unpaired) electrons. The van der Waals surface area contributed by atoms with Gasteiger partial charge in [-0.3, -0.25) is 0 Å². The summed E-state index contributed by atoms with van der Waals surface area (Å²) in [4.78, 5) is 11.0. The Labute approximate surface area is 174 Å². The first-order valence-corrected chi connectivity index (χ1v) is 12.2. The third-order valence-electron chi connectivity index (χ3n) is 5.79. The highest BCUT2D eigenvalue weighted by molar-refractivity contribution is 5.81. The van der Waals surface area contributed by atoms with E-state index in [1.54, 1.807) is 0 Å². The number of hydrogen-bond donors (Lipinski definition) is 2. The van der Waals surface area contributed by atoms with E-state index < -0.39 is 0 Å². The van der Waals surface area contributed by atoms with Gasteiger partial charge in [-0.15, -0.1) is 0 Å². The van der Waals surface area contributed by atoms with Gasteiger partial charge in [0.15, 0.2) is 12.2 Å². The molecule has 1 atom stereocenters. The number of nitrogens with zero attached hydrogens (tertiary/aromatic N) is 2. The average Bonchev–Trinajstić information content (AvgIpc) is 3.19. The zero-order chi connectivity index (χ0) is 20.3. The summed E-state index contributed by atoms with van der Waals surface area (Å²) in [6, 6.07) is 0. The van der Waals surface area contributed by atoms with E-state index >= 15 is 0 Å². The minimum absolute atomic E-state index is 0.380. The third kappa shape index (κ3) is 12.6. The number of rotatable bonds is 19. The predicted molar refractivity (Wildman–Crippen MR) is 120 cm³/mol. The molecule has 5 nitrogen and oxygen atoms in total. The Kier molecular flexibility index (Phi) is 16.4. The zero-order valence-corrected chi connectivity index (χ0v) is 18.8. The minimum Gasteiger partial charge on any atom is -0.343 e. The molecular formula is C23H47N3O2. The quantitative estimate of drug-likeness (QED) is 0.152. The molecule has 0 saturated carbocycles. The first-order valence-electron chi connectivity index (χ1n) is 12.2. The van der Waals surface area contributed by atoms with Crippen LogP contribution >= 0.6 is 0 Å². The van der Waals surface area contributed by atoms with E-state index in [-0.39, 0.29) is 6.23 Å². The van der Waals surface area contributed by atoms with E-state index in [9.17, 15) is 0 Å². The maximum atomic E-state index is 8.71. The van der Waals surface area contributed by atoms with Gasteiger partial charge in [-0.1, -0.05) is 103 Å². The van der Waals surface area contributed by atoms with Crippen molar-refractivity contribution in [2.24, 2.45) is 4.99 Å². The second-order valence-electron chi connectivity index (χ2n) is 8.29. The molecule has 0 aromatic heterocycles. The van der Waals surface area contributed by atoms with Crippen LogP contribution in [0.15, 0.2) is 4.99 Å². The summed E-state index contributed by atoms with van der Waals surface area (Å²) in [6.45, 7) is 6.88. The van der Waals surface area contributed by atoms with Crippen LogP contribution in [0, 0.1) is 0 Å². The van der Waals surface area contributed by atoms with Crippen LogP contribution in [0.5, 0.6) is 0 Å². The molecule has 1 unspecified atom stereocenters. The zero-order valence-electron chi connectivity index (χ0n) is 18.8. The molecule has 2 N–H and O–H groups in total. The number of hydrogen-bond acceptors (Lipinski definition) is 5. The smallest absolute Gasteiger partial charge is 0.196 e. The molecule has 28 heavy (non-hydrogen) atoms. The van der Waals surface area contributed by atoms with Gasteiger partial charge in [-0.2, -0.15) is 0 Å². The summed E-state index contributed by atoms with van der Waals surface area (Å²) in [6.07, 6.45) is 22.0. The van der Waals surface area contributed by atoms with Crippen LogP contribution in [0.4, 0.5) is 0 Å². The normalized spacial score (nSPS) is 16.2. The SMILES string of the molecule is CCCCCCCCCCCCCCCCCCN(CC)C1=NCC(OO)N1. The minimum atomic E-state index is -0.380. The van der Waals surface area contributed by atoms with Crippen molar-refractivity contribution in [3.8, 4) is 0 Å². The molecule has 0 aliphatic carbocycles. The summed E-state index contributed by atoms with van der Waals surface area (Å²) in [5.74, 6) is 0.863. The maximum absolute atomic E-state index is 8.71. The highest BCUT2D eigenvalue weighted by atomic mass is 17.1. The molecule has 1 heterocycles. The number of guanidine groups is 1. The lowest BCUT2D eigenvalue weighted by molar-refractivity contribution is -0.277. The second-order valence-corrected chi connectivity index (χ2v) is 8.29. The van der Waals surface area contributed by atoms with Gasteiger partial charge in [-0.25, -0.2) is 15.1 Å².